The summed E-state index contributed by atoms with van der Waals surface area (Å²) in [6.07, 6.45) is 0.159. The summed E-state index contributed by atoms with van der Waals surface area (Å²) in [5.74, 6) is 0. The van der Waals surface area contributed by atoms with Crippen molar-refractivity contribution in [3.05, 3.63) is 52.9 Å². The Labute approximate surface area is 165 Å². The Morgan fingerprint density at radius 1 is 1.33 bits per heavy atom. The lowest BCUT2D eigenvalue weighted by atomic mass is 10.1. The van der Waals surface area contributed by atoms with Gasteiger partial charge in [-0.1, -0.05) is 24.3 Å². The normalized spacial score (nSPS) is 22.1. The van der Waals surface area contributed by atoms with Crippen LogP contribution in [0.4, 0.5) is 16.4 Å². The molecule has 0 saturated carbocycles. The number of hydrogen-bond donors (Lipinski definition) is 3. The van der Waals surface area contributed by atoms with Crippen molar-refractivity contribution in [2.75, 3.05) is 43.5 Å². The summed E-state index contributed by atoms with van der Waals surface area (Å²) in [7, 11) is 0. The largest absolute Gasteiger partial charge is 0.375 e. The first-order valence-electron chi connectivity index (χ1n) is 9.52. The van der Waals surface area contributed by atoms with Crippen LogP contribution in [0.3, 0.4) is 0 Å². The highest BCUT2D eigenvalue weighted by atomic mass is 32.1. The van der Waals surface area contributed by atoms with Crippen molar-refractivity contribution in [2.24, 2.45) is 0 Å². The van der Waals surface area contributed by atoms with E-state index in [0.717, 1.165) is 36.6 Å². The van der Waals surface area contributed by atoms with Crippen molar-refractivity contribution >= 4 is 27.7 Å². The summed E-state index contributed by atoms with van der Waals surface area (Å²) in [4.78, 5) is 3.86. The average molecular weight is 385 g/mol. The molecule has 1 aromatic carbocycles. The van der Waals surface area contributed by atoms with Gasteiger partial charge in [-0.15, -0.1) is 11.3 Å². The van der Waals surface area contributed by atoms with Crippen LogP contribution in [0, 0.1) is 6.92 Å². The average Bonchev–Trinajstić information content (AvgIpc) is 2.93. The molecule has 0 bridgehead atoms. The summed E-state index contributed by atoms with van der Waals surface area (Å²) >= 11 is 1.82. The molecule has 2 atom stereocenters. The third kappa shape index (κ3) is 4.19. The molecule has 1 fully saturated rings. The smallest absolute Gasteiger partial charge is 0.109 e. The van der Waals surface area contributed by atoms with Gasteiger partial charge in [0.05, 0.1) is 29.6 Å². The summed E-state index contributed by atoms with van der Waals surface area (Å²) in [5, 5.41) is 12.2. The van der Waals surface area contributed by atoms with Crippen molar-refractivity contribution in [2.45, 2.75) is 26.1 Å². The van der Waals surface area contributed by atoms with Crippen LogP contribution in [-0.4, -0.2) is 43.8 Å². The predicted octanol–water partition coefficient (Wildman–Crippen LogP) is 4.09. The van der Waals surface area contributed by atoms with Gasteiger partial charge in [-0.05, 0) is 32.0 Å². The van der Waals surface area contributed by atoms with Crippen LogP contribution in [0.15, 0.2) is 42.5 Å². The van der Waals surface area contributed by atoms with Gasteiger partial charge < -0.3 is 20.7 Å². The van der Waals surface area contributed by atoms with Crippen molar-refractivity contribution in [1.29, 1.82) is 0 Å². The fraction of sp³-hybridized carbons (Fsp3) is 0.429. The van der Waals surface area contributed by atoms with Gasteiger partial charge in [0.1, 0.15) is 6.17 Å². The van der Waals surface area contributed by atoms with Crippen LogP contribution in [0.25, 0.3) is 0 Å². The highest BCUT2D eigenvalue weighted by molar-refractivity contribution is 7.16. The van der Waals surface area contributed by atoms with Crippen molar-refractivity contribution in [3.63, 3.8) is 0 Å². The maximum atomic E-state index is 5.81. The van der Waals surface area contributed by atoms with Crippen molar-refractivity contribution in [1.82, 2.24) is 10.2 Å². The van der Waals surface area contributed by atoms with E-state index < -0.39 is 0 Å². The van der Waals surface area contributed by atoms with E-state index in [-0.39, 0.29) is 6.17 Å². The van der Waals surface area contributed by atoms with Crippen LogP contribution in [0.5, 0.6) is 0 Å². The molecule has 3 heterocycles. The zero-order valence-corrected chi connectivity index (χ0v) is 16.9. The molecule has 2 aromatic rings. The highest BCUT2D eigenvalue weighted by Gasteiger charge is 2.31. The monoisotopic (exact) mass is 384 g/mol. The van der Waals surface area contributed by atoms with Crippen LogP contribution >= 0.6 is 11.3 Å². The fourth-order valence-electron chi connectivity index (χ4n) is 3.76. The Hall–Kier alpha value is -1.86. The molecular formula is C21H28N4OS. The molecule has 4 rings (SSSR count). The molecule has 144 valence electrons. The quantitative estimate of drug-likeness (QED) is 0.678. The van der Waals surface area contributed by atoms with E-state index in [1.54, 1.807) is 0 Å². The van der Waals surface area contributed by atoms with Crippen LogP contribution < -0.4 is 16.0 Å². The van der Waals surface area contributed by atoms with Gasteiger partial charge in [-0.3, -0.25) is 4.90 Å². The minimum absolute atomic E-state index is 0.159. The van der Waals surface area contributed by atoms with Gasteiger partial charge in [0.25, 0.3) is 0 Å². The molecule has 0 aliphatic carbocycles. The molecule has 0 spiro atoms. The first kappa shape index (κ1) is 18.5. The number of nitrogens with one attached hydrogen (secondary N) is 3. The molecule has 2 aliphatic rings. The van der Waals surface area contributed by atoms with E-state index in [9.17, 15) is 0 Å². The zero-order chi connectivity index (χ0) is 18.8. The Balaban J connectivity index is 1.55. The topological polar surface area (TPSA) is 48.6 Å². The first-order valence-corrected chi connectivity index (χ1v) is 10.3. The number of aryl methyl sites for hydroxylation is 1. The number of benzene rings is 1. The second-order valence-corrected chi connectivity index (χ2v) is 8.73. The molecule has 0 radical (unpaired) electrons. The highest BCUT2D eigenvalue weighted by Crippen LogP contribution is 2.42. The lowest BCUT2D eigenvalue weighted by Crippen LogP contribution is -2.54. The minimum Gasteiger partial charge on any atom is -0.375 e. The minimum atomic E-state index is 0.159. The number of fused-ring (bicyclic) bond motifs is 2. The van der Waals surface area contributed by atoms with E-state index in [0.29, 0.717) is 19.3 Å². The number of anilines is 3. The number of rotatable bonds is 5. The van der Waals surface area contributed by atoms with Crippen LogP contribution in [-0.2, 0) is 4.74 Å². The zero-order valence-electron chi connectivity index (χ0n) is 16.0. The van der Waals surface area contributed by atoms with Gasteiger partial charge in [-0.2, -0.15) is 0 Å². The summed E-state index contributed by atoms with van der Waals surface area (Å²) < 4.78 is 5.81. The van der Waals surface area contributed by atoms with Crippen LogP contribution in [0.2, 0.25) is 0 Å². The Kier molecular flexibility index (Phi) is 5.50. The first-order chi connectivity index (χ1) is 13.1. The van der Waals surface area contributed by atoms with Gasteiger partial charge in [0.15, 0.2) is 0 Å². The molecule has 1 aromatic heterocycles. The standard InChI is InChI=1S/C21H28N4OS/c1-14(2)12-26-13-16-11-25(9-8-22-16)20-17-10-15(3)27-21(17)24-19-7-5-4-6-18(19)23-20/h4-7,10,16,20,22-24H,1,8-9,11-13H2,2-3H3. The predicted molar refractivity (Wildman–Crippen MR) is 114 cm³/mol. The van der Waals surface area contributed by atoms with E-state index >= 15 is 0 Å². The SMILES string of the molecule is C=C(C)COCC1CN(C2Nc3ccccc3Nc3sc(C)cc32)CCN1. The Morgan fingerprint density at radius 3 is 2.96 bits per heavy atom. The molecule has 5 nitrogen and oxygen atoms in total. The number of ether oxygens (including phenoxy) is 1. The van der Waals surface area contributed by atoms with E-state index in [4.69, 9.17) is 4.74 Å². The van der Waals surface area contributed by atoms with Gasteiger partial charge in [0, 0.05) is 36.1 Å². The second kappa shape index (κ2) is 8.02. The number of hydrogen-bond acceptors (Lipinski definition) is 6. The number of nitrogens with zero attached hydrogens (tertiary/aromatic N) is 1. The van der Waals surface area contributed by atoms with E-state index in [1.165, 1.54) is 15.4 Å². The lowest BCUT2D eigenvalue weighted by Gasteiger charge is -2.39. The second-order valence-electron chi connectivity index (χ2n) is 7.48. The molecule has 3 N–H and O–H groups in total. The number of piperazine rings is 1. The molecule has 6 heteroatoms. The summed E-state index contributed by atoms with van der Waals surface area (Å²) in [6, 6.07) is 11.1. The Bertz CT molecular complexity index is 818. The molecular weight excluding hydrogens is 356 g/mol. The molecule has 27 heavy (non-hydrogen) atoms. The summed E-state index contributed by atoms with van der Waals surface area (Å²) in [6.45, 7) is 12.3. The summed E-state index contributed by atoms with van der Waals surface area (Å²) in [5.41, 5.74) is 4.68. The molecule has 0 amide bonds. The van der Waals surface area contributed by atoms with Gasteiger partial charge in [0.2, 0.25) is 0 Å². The van der Waals surface area contributed by atoms with Crippen molar-refractivity contribution < 1.29 is 4.74 Å². The molecule has 2 aliphatic heterocycles. The third-order valence-corrected chi connectivity index (χ3v) is 5.95. The maximum absolute atomic E-state index is 5.81. The molecule has 2 unspecified atom stereocenters. The van der Waals surface area contributed by atoms with E-state index in [2.05, 4.69) is 64.7 Å². The third-order valence-electron chi connectivity index (χ3n) is 4.97. The van der Waals surface area contributed by atoms with E-state index in [1.807, 2.05) is 18.3 Å². The molecule has 1 saturated heterocycles. The Morgan fingerprint density at radius 2 is 2.15 bits per heavy atom. The van der Waals surface area contributed by atoms with Gasteiger partial charge >= 0.3 is 0 Å². The number of para-hydroxylation sites is 2. The van der Waals surface area contributed by atoms with Crippen molar-refractivity contribution in [3.8, 4) is 0 Å². The maximum Gasteiger partial charge on any atom is 0.109 e. The van der Waals surface area contributed by atoms with Gasteiger partial charge in [-0.25, -0.2) is 0 Å². The fourth-order valence-corrected chi connectivity index (χ4v) is 4.72. The van der Waals surface area contributed by atoms with Crippen LogP contribution in [0.1, 0.15) is 23.5 Å². The number of thiophene rings is 1. The lowest BCUT2D eigenvalue weighted by molar-refractivity contribution is 0.0819.